The summed E-state index contributed by atoms with van der Waals surface area (Å²) in [5.41, 5.74) is 8.42. The zero-order chi connectivity index (χ0) is 26.0. The van der Waals surface area contributed by atoms with Crippen LogP contribution in [-0.4, -0.2) is 52.5 Å². The number of aromatic nitrogens is 8. The molecule has 1 unspecified atom stereocenters. The number of ether oxygens (including phenoxy) is 1. The fourth-order valence-electron chi connectivity index (χ4n) is 4.25. The number of hydrogen-bond donors (Lipinski definition) is 2. The van der Waals surface area contributed by atoms with Gasteiger partial charge in [-0.3, -0.25) is 14.8 Å². The molecule has 37 heavy (non-hydrogen) atoms. The highest BCUT2D eigenvalue weighted by Crippen LogP contribution is 2.35. The van der Waals surface area contributed by atoms with Crippen LogP contribution < -0.4 is 15.8 Å². The number of fused-ring (bicyclic) bond motifs is 1. The smallest absolute Gasteiger partial charge is 0.263 e. The van der Waals surface area contributed by atoms with Crippen LogP contribution in [0.2, 0.25) is 0 Å². The Hall–Kier alpha value is -4.71. The highest BCUT2D eigenvalue weighted by atomic mass is 16.5. The maximum atomic E-state index is 13.2. The van der Waals surface area contributed by atoms with Crippen LogP contribution in [0.4, 0.5) is 5.95 Å². The average molecular weight is 499 g/mol. The fraction of sp³-hybridized carbons (Fsp3) is 0.240. The molecule has 0 saturated heterocycles. The first-order valence-electron chi connectivity index (χ1n) is 11.8. The third-order valence-corrected chi connectivity index (χ3v) is 6.10. The number of aryl methyl sites for hydroxylation is 2. The Morgan fingerprint density at radius 3 is 2.57 bits per heavy atom. The van der Waals surface area contributed by atoms with Crippen LogP contribution >= 0.6 is 0 Å². The molecule has 4 heterocycles. The fourth-order valence-corrected chi connectivity index (χ4v) is 4.25. The lowest BCUT2D eigenvalue weighted by molar-refractivity contribution is 0.102. The molecule has 0 aliphatic heterocycles. The highest BCUT2D eigenvalue weighted by Gasteiger charge is 2.39. The van der Waals surface area contributed by atoms with Crippen molar-refractivity contribution in [3.8, 4) is 5.88 Å². The predicted molar refractivity (Wildman–Crippen MR) is 136 cm³/mol. The van der Waals surface area contributed by atoms with E-state index in [1.165, 1.54) is 7.11 Å². The second-order valence-corrected chi connectivity index (χ2v) is 8.23. The first kappa shape index (κ1) is 24.0. The van der Waals surface area contributed by atoms with Gasteiger partial charge in [0, 0.05) is 19.3 Å². The zero-order valence-electron chi connectivity index (χ0n) is 20.7. The summed E-state index contributed by atoms with van der Waals surface area (Å²) in [5.74, 6) is 0.356. The normalized spacial score (nSPS) is 12.9. The van der Waals surface area contributed by atoms with E-state index in [4.69, 9.17) is 15.5 Å². The van der Waals surface area contributed by atoms with E-state index in [2.05, 4.69) is 30.6 Å². The Balaban J connectivity index is 1.68. The topological polar surface area (TPSA) is 152 Å². The lowest BCUT2D eigenvalue weighted by Gasteiger charge is -2.29. The molecule has 188 valence electrons. The summed E-state index contributed by atoms with van der Waals surface area (Å²) in [6, 6.07) is 14.9. The molecule has 0 spiro atoms. The first-order chi connectivity index (χ1) is 18.0. The molecule has 12 nitrogen and oxygen atoms in total. The van der Waals surface area contributed by atoms with E-state index in [1.54, 1.807) is 29.3 Å². The predicted octanol–water partition coefficient (Wildman–Crippen LogP) is 2.36. The summed E-state index contributed by atoms with van der Waals surface area (Å²) in [7, 11) is 1.45. The van der Waals surface area contributed by atoms with Gasteiger partial charge >= 0.3 is 0 Å². The Morgan fingerprint density at radius 2 is 1.92 bits per heavy atom. The molecule has 0 radical (unpaired) electrons. The number of rotatable bonds is 8. The molecule has 0 fully saturated rings. The van der Waals surface area contributed by atoms with Crippen LogP contribution in [0.25, 0.3) is 11.2 Å². The summed E-state index contributed by atoms with van der Waals surface area (Å²) in [4.78, 5) is 26.7. The summed E-state index contributed by atoms with van der Waals surface area (Å²) < 4.78 is 8.99. The minimum Gasteiger partial charge on any atom is -0.480 e. The van der Waals surface area contributed by atoms with Gasteiger partial charge in [-0.25, -0.2) is 9.97 Å². The van der Waals surface area contributed by atoms with E-state index >= 15 is 0 Å². The van der Waals surface area contributed by atoms with Gasteiger partial charge in [0.05, 0.1) is 18.3 Å². The van der Waals surface area contributed by atoms with Crippen molar-refractivity contribution in [2.24, 2.45) is 5.73 Å². The lowest BCUT2D eigenvalue weighted by Crippen LogP contribution is -2.42. The first-order valence-corrected chi connectivity index (χ1v) is 11.8. The van der Waals surface area contributed by atoms with Crippen LogP contribution in [0.1, 0.15) is 41.3 Å². The lowest BCUT2D eigenvalue weighted by atomic mass is 9.86. The third-order valence-electron chi connectivity index (χ3n) is 6.10. The molecule has 5 aromatic rings. The van der Waals surface area contributed by atoms with Gasteiger partial charge in [-0.1, -0.05) is 30.3 Å². The molecule has 0 saturated carbocycles. The largest absolute Gasteiger partial charge is 0.480 e. The Bertz CT molecular complexity index is 1510. The second-order valence-electron chi connectivity index (χ2n) is 8.23. The van der Waals surface area contributed by atoms with Crippen molar-refractivity contribution in [1.82, 2.24) is 39.5 Å². The van der Waals surface area contributed by atoms with Crippen molar-refractivity contribution in [2.45, 2.75) is 32.5 Å². The van der Waals surface area contributed by atoms with Gasteiger partial charge in [0.25, 0.3) is 5.91 Å². The van der Waals surface area contributed by atoms with Crippen molar-refractivity contribution in [1.29, 1.82) is 0 Å². The van der Waals surface area contributed by atoms with Gasteiger partial charge in [0.15, 0.2) is 5.65 Å². The van der Waals surface area contributed by atoms with Crippen molar-refractivity contribution >= 4 is 23.0 Å². The number of pyridine rings is 1. The number of carbonyl (C=O) groups is 1. The van der Waals surface area contributed by atoms with Crippen molar-refractivity contribution < 1.29 is 9.53 Å². The maximum absolute atomic E-state index is 13.2. The molecular weight excluding hydrogens is 472 g/mol. The van der Waals surface area contributed by atoms with Crippen molar-refractivity contribution in [3.63, 3.8) is 0 Å². The van der Waals surface area contributed by atoms with E-state index in [-0.39, 0.29) is 17.4 Å². The summed E-state index contributed by atoms with van der Waals surface area (Å²) >= 11 is 0. The van der Waals surface area contributed by atoms with Crippen LogP contribution in [0.5, 0.6) is 5.88 Å². The number of imidazole rings is 1. The summed E-state index contributed by atoms with van der Waals surface area (Å²) in [6.45, 7) is 5.04. The number of carbonyl (C=O) groups excluding carboxylic acids is 1. The Morgan fingerprint density at radius 1 is 1.11 bits per heavy atom. The molecule has 0 bridgehead atoms. The zero-order valence-corrected chi connectivity index (χ0v) is 20.7. The van der Waals surface area contributed by atoms with E-state index in [0.29, 0.717) is 35.8 Å². The minimum absolute atomic E-state index is 0.120. The Labute approximate surface area is 212 Å². The standard InChI is InChI=1S/C25H26N10O2/c1-4-34-15-27-24(33-34)31-21(36)17-14-18-20(29-22(17)37-3)30-23(35(18)5-2)25(26,16-10-7-6-8-11-16)19-12-9-13-28-32-19/h6-15H,4-5,26H2,1-3H3,(H,31,33,36). The molecule has 3 N–H and O–H groups in total. The van der Waals surface area contributed by atoms with Crippen molar-refractivity contribution in [3.05, 3.63) is 83.7 Å². The number of nitrogens with two attached hydrogens (primary N) is 1. The quantitative estimate of drug-likeness (QED) is 0.328. The molecule has 4 aromatic heterocycles. The minimum atomic E-state index is -1.24. The van der Waals surface area contributed by atoms with Gasteiger partial charge in [-0.15, -0.1) is 5.10 Å². The average Bonchev–Trinajstić information content (AvgIpc) is 3.56. The summed E-state index contributed by atoms with van der Waals surface area (Å²) in [5, 5.41) is 15.3. The highest BCUT2D eigenvalue weighted by molar-refractivity contribution is 6.06. The van der Waals surface area contributed by atoms with Gasteiger partial charge in [-0.05, 0) is 37.6 Å². The van der Waals surface area contributed by atoms with Crippen LogP contribution in [-0.2, 0) is 18.6 Å². The van der Waals surface area contributed by atoms with E-state index in [9.17, 15) is 4.79 Å². The van der Waals surface area contributed by atoms with Crippen LogP contribution in [0.15, 0.2) is 61.1 Å². The molecule has 0 aliphatic carbocycles. The number of nitrogens with zero attached hydrogens (tertiary/aromatic N) is 8. The van der Waals surface area contributed by atoms with Crippen LogP contribution in [0, 0.1) is 0 Å². The Kier molecular flexibility index (Phi) is 6.32. The number of amides is 1. The number of methoxy groups -OCH3 is 1. The molecule has 1 atom stereocenters. The summed E-state index contributed by atoms with van der Waals surface area (Å²) in [6.07, 6.45) is 3.14. The van der Waals surface area contributed by atoms with E-state index in [1.807, 2.05) is 54.8 Å². The van der Waals surface area contributed by atoms with Gasteiger partial charge < -0.3 is 15.0 Å². The molecular formula is C25H26N10O2. The number of hydrogen-bond acceptors (Lipinski definition) is 9. The molecule has 1 aromatic carbocycles. The maximum Gasteiger partial charge on any atom is 0.263 e. The number of nitrogens with one attached hydrogen (secondary N) is 1. The second kappa shape index (κ2) is 9.74. The molecule has 5 rings (SSSR count). The van der Waals surface area contributed by atoms with Gasteiger partial charge in [-0.2, -0.15) is 15.2 Å². The number of benzene rings is 1. The molecule has 1 amide bonds. The molecule has 0 aliphatic rings. The number of anilines is 1. The van der Waals surface area contributed by atoms with Crippen molar-refractivity contribution in [2.75, 3.05) is 12.4 Å². The monoisotopic (exact) mass is 498 g/mol. The van der Waals surface area contributed by atoms with Gasteiger partial charge in [0.2, 0.25) is 11.8 Å². The van der Waals surface area contributed by atoms with E-state index < -0.39 is 11.4 Å². The van der Waals surface area contributed by atoms with Gasteiger partial charge in [0.1, 0.15) is 23.3 Å². The van der Waals surface area contributed by atoms with Crippen LogP contribution in [0.3, 0.4) is 0 Å². The molecule has 12 heteroatoms. The third kappa shape index (κ3) is 4.16. The van der Waals surface area contributed by atoms with E-state index in [0.717, 1.165) is 5.56 Å². The SMILES string of the molecule is CCn1cnc(NC(=O)c2cc3c(nc2OC)nc(C(N)(c2ccccc2)c2cccnn2)n3CC)n1.